The van der Waals surface area contributed by atoms with Crippen molar-refractivity contribution in [2.45, 2.75) is 6.42 Å². The highest BCUT2D eigenvalue weighted by Gasteiger charge is 2.19. The van der Waals surface area contributed by atoms with Crippen molar-refractivity contribution >= 4 is 23.5 Å². The van der Waals surface area contributed by atoms with E-state index in [0.29, 0.717) is 23.8 Å². The lowest BCUT2D eigenvalue weighted by Gasteiger charge is -2.32. The number of amides is 1. The fourth-order valence-corrected chi connectivity index (χ4v) is 4.08. The molecule has 0 saturated carbocycles. The Hall–Kier alpha value is -4.16. The number of methoxy groups -OCH3 is 2. The minimum Gasteiger partial charge on any atom is -0.497 e. The molecule has 4 rings (SSSR count). The lowest BCUT2D eigenvalue weighted by atomic mass is 10.3. The molecule has 40 heavy (non-hydrogen) atoms. The van der Waals surface area contributed by atoms with Crippen molar-refractivity contribution in [3.05, 3.63) is 54.5 Å². The molecule has 1 fully saturated rings. The Kier molecular flexibility index (Phi) is 9.92. The fourth-order valence-electron chi connectivity index (χ4n) is 4.08. The van der Waals surface area contributed by atoms with Crippen molar-refractivity contribution in [3.63, 3.8) is 0 Å². The van der Waals surface area contributed by atoms with Crippen molar-refractivity contribution in [1.29, 1.82) is 0 Å². The van der Waals surface area contributed by atoms with Gasteiger partial charge in [-0.3, -0.25) is 4.90 Å². The van der Waals surface area contributed by atoms with Gasteiger partial charge in [0.1, 0.15) is 11.6 Å². The molecule has 0 aliphatic carbocycles. The molecule has 0 bridgehead atoms. The number of hydrogen-bond acceptors (Lipinski definition) is 10. The van der Waals surface area contributed by atoms with Gasteiger partial charge in [-0.25, -0.2) is 14.2 Å². The molecule has 0 atom stereocenters. The molecular weight excluding hydrogens is 519 g/mol. The Balaban J connectivity index is 1.32. The number of rotatable bonds is 11. The van der Waals surface area contributed by atoms with E-state index in [1.807, 2.05) is 0 Å². The summed E-state index contributed by atoms with van der Waals surface area (Å²) in [6, 6.07) is 11.0. The second-order valence-corrected chi connectivity index (χ2v) is 9.30. The molecule has 0 unspecified atom stereocenters. The Morgan fingerprint density at radius 2 is 1.80 bits per heavy atom. The lowest BCUT2D eigenvalue weighted by Crippen LogP contribution is -2.44. The number of anilines is 3. The molecule has 0 spiro atoms. The molecule has 3 aromatic rings. The van der Waals surface area contributed by atoms with E-state index < -0.39 is 11.9 Å². The summed E-state index contributed by atoms with van der Waals surface area (Å²) in [4.78, 5) is 27.3. The third-order valence-corrected chi connectivity index (χ3v) is 6.49. The summed E-state index contributed by atoms with van der Waals surface area (Å²) in [5, 5.41) is 2.96. The van der Waals surface area contributed by atoms with Crippen molar-refractivity contribution in [2.24, 2.45) is 0 Å². The van der Waals surface area contributed by atoms with Gasteiger partial charge in [0.2, 0.25) is 5.95 Å². The van der Waals surface area contributed by atoms with Gasteiger partial charge in [-0.15, -0.1) is 0 Å². The molecule has 1 N–H and O–H groups in total. The molecular formula is C28H35FN6O5. The van der Waals surface area contributed by atoms with Gasteiger partial charge in [0, 0.05) is 63.8 Å². The second-order valence-electron chi connectivity index (χ2n) is 9.30. The summed E-state index contributed by atoms with van der Waals surface area (Å²) in [6.45, 7) is 5.58. The number of halogens is 1. The summed E-state index contributed by atoms with van der Waals surface area (Å²) in [5.74, 6) is 1.22. The van der Waals surface area contributed by atoms with Gasteiger partial charge in [-0.05, 0) is 43.8 Å². The molecule has 2 aromatic carbocycles. The van der Waals surface area contributed by atoms with Crippen LogP contribution in [0.15, 0.2) is 48.7 Å². The number of aromatic nitrogens is 2. The Morgan fingerprint density at radius 3 is 2.52 bits per heavy atom. The van der Waals surface area contributed by atoms with Gasteiger partial charge < -0.3 is 34.1 Å². The number of piperazine rings is 1. The van der Waals surface area contributed by atoms with E-state index in [1.165, 1.54) is 38.4 Å². The number of ether oxygens (including phenoxy) is 4. The van der Waals surface area contributed by atoms with Gasteiger partial charge >= 0.3 is 6.09 Å². The van der Waals surface area contributed by atoms with Crippen LogP contribution in [0.1, 0.15) is 6.42 Å². The third-order valence-electron chi connectivity index (χ3n) is 6.49. The molecule has 1 aliphatic heterocycles. The van der Waals surface area contributed by atoms with Crippen LogP contribution in [0.25, 0.3) is 0 Å². The number of carbonyl (C=O) groups excluding carboxylic acids is 1. The first-order chi connectivity index (χ1) is 19.4. The van der Waals surface area contributed by atoms with Crippen LogP contribution in [0, 0.1) is 5.82 Å². The summed E-state index contributed by atoms with van der Waals surface area (Å²) < 4.78 is 36.3. The molecule has 1 saturated heterocycles. The minimum atomic E-state index is -0.698. The van der Waals surface area contributed by atoms with E-state index >= 15 is 0 Å². The first-order valence-corrected chi connectivity index (χ1v) is 13.0. The quantitative estimate of drug-likeness (QED) is 0.350. The average molecular weight is 555 g/mol. The molecule has 214 valence electrons. The summed E-state index contributed by atoms with van der Waals surface area (Å²) >= 11 is 0. The maximum absolute atomic E-state index is 14.7. The van der Waals surface area contributed by atoms with E-state index in [9.17, 15) is 9.18 Å². The van der Waals surface area contributed by atoms with E-state index in [1.54, 1.807) is 36.4 Å². The maximum atomic E-state index is 14.7. The Morgan fingerprint density at radius 1 is 1.02 bits per heavy atom. The first-order valence-electron chi connectivity index (χ1n) is 13.0. The molecule has 11 nitrogen and oxygen atoms in total. The van der Waals surface area contributed by atoms with E-state index in [-0.39, 0.29) is 23.3 Å². The molecule has 1 amide bonds. The Labute approximate surface area is 233 Å². The molecule has 2 heterocycles. The van der Waals surface area contributed by atoms with Gasteiger partial charge in [0.15, 0.2) is 23.1 Å². The highest BCUT2D eigenvalue weighted by atomic mass is 19.1. The van der Waals surface area contributed by atoms with Crippen LogP contribution in [-0.4, -0.2) is 93.5 Å². The second kappa shape index (κ2) is 13.8. The predicted molar refractivity (Wildman–Crippen MR) is 150 cm³/mol. The zero-order chi connectivity index (χ0) is 28.5. The van der Waals surface area contributed by atoms with Gasteiger partial charge in [-0.1, -0.05) is 0 Å². The summed E-state index contributed by atoms with van der Waals surface area (Å²) in [5.41, 5.74) is 0.436. The van der Waals surface area contributed by atoms with Crippen LogP contribution in [0.4, 0.5) is 26.6 Å². The van der Waals surface area contributed by atoms with Crippen molar-refractivity contribution in [2.75, 3.05) is 77.9 Å². The van der Waals surface area contributed by atoms with Gasteiger partial charge in [0.05, 0.1) is 20.8 Å². The maximum Gasteiger partial charge on any atom is 0.420 e. The first kappa shape index (κ1) is 28.8. The highest BCUT2D eigenvalue weighted by molar-refractivity contribution is 5.88. The number of likely N-dealkylation sites (N-methyl/N-ethyl adjacent to an activating group) is 1. The van der Waals surface area contributed by atoms with Crippen LogP contribution < -0.4 is 29.2 Å². The van der Waals surface area contributed by atoms with Crippen LogP contribution in [-0.2, 0) is 0 Å². The van der Waals surface area contributed by atoms with Gasteiger partial charge in [0.25, 0.3) is 0 Å². The van der Waals surface area contributed by atoms with E-state index in [2.05, 4.69) is 32.1 Å². The average Bonchev–Trinajstić information content (AvgIpc) is 2.96. The van der Waals surface area contributed by atoms with Crippen LogP contribution >= 0.6 is 0 Å². The summed E-state index contributed by atoms with van der Waals surface area (Å²) in [7, 11) is 6.62. The number of carbonyl (C=O) groups is 1. The minimum absolute atomic E-state index is 0.177. The SMILES string of the molecule is COc1ccc(OC)c(OC(=O)N(C)c2ccnc(Nc3ccc(OCCCN4CCN(C)CC4)c(F)c3)n2)c1. The van der Waals surface area contributed by atoms with Crippen molar-refractivity contribution in [1.82, 2.24) is 19.8 Å². The Bertz CT molecular complexity index is 1290. The number of benzene rings is 2. The molecule has 0 radical (unpaired) electrons. The van der Waals surface area contributed by atoms with E-state index in [0.717, 1.165) is 39.1 Å². The van der Waals surface area contributed by atoms with Crippen LogP contribution in [0.2, 0.25) is 0 Å². The number of nitrogens with one attached hydrogen (secondary N) is 1. The standard InChI is InChI=1S/C28H35FN6O5/c1-33-13-15-35(16-14-33)12-5-17-39-23-8-6-20(18-22(23)29)31-27-30-11-10-26(32-27)34(2)28(36)40-25-19-21(37-3)7-9-24(25)38-4/h6-11,18-19H,5,12-17H2,1-4H3,(H,30,31,32). The lowest BCUT2D eigenvalue weighted by molar-refractivity contribution is 0.145. The van der Waals surface area contributed by atoms with Gasteiger partial charge in [-0.2, -0.15) is 4.98 Å². The summed E-state index contributed by atoms with van der Waals surface area (Å²) in [6.07, 6.45) is 1.61. The predicted octanol–water partition coefficient (Wildman–Crippen LogP) is 4.03. The number of nitrogens with zero attached hydrogens (tertiary/aromatic N) is 5. The monoisotopic (exact) mass is 554 g/mol. The smallest absolute Gasteiger partial charge is 0.420 e. The van der Waals surface area contributed by atoms with Crippen molar-refractivity contribution in [3.8, 4) is 23.0 Å². The number of hydrogen-bond donors (Lipinski definition) is 1. The normalized spacial score (nSPS) is 13.9. The third kappa shape index (κ3) is 7.70. The largest absolute Gasteiger partial charge is 0.497 e. The molecule has 12 heteroatoms. The van der Waals surface area contributed by atoms with E-state index in [4.69, 9.17) is 18.9 Å². The molecule has 1 aliphatic rings. The molecule has 1 aromatic heterocycles. The zero-order valence-corrected chi connectivity index (χ0v) is 23.2. The van der Waals surface area contributed by atoms with Crippen LogP contribution in [0.5, 0.6) is 23.0 Å². The van der Waals surface area contributed by atoms with Crippen molar-refractivity contribution < 1.29 is 28.1 Å². The fraction of sp³-hybridized carbons (Fsp3) is 0.393. The highest BCUT2D eigenvalue weighted by Crippen LogP contribution is 2.32. The van der Waals surface area contributed by atoms with Crippen LogP contribution in [0.3, 0.4) is 0 Å². The zero-order valence-electron chi connectivity index (χ0n) is 23.2. The topological polar surface area (TPSA) is 102 Å².